The lowest BCUT2D eigenvalue weighted by Crippen LogP contribution is -2.36. The standard InChI is InChI=1S/C19H20N2O3/c1-13(14-7-4-3-5-8-14)20-19(22)18-12-17(21-24-18)15-9-6-10-16(11-15)23-2/h3-11,13,18H,12H2,1-2H3,(H,20,22)/t13-,18+/m0/s1. The monoisotopic (exact) mass is 324 g/mol. The van der Waals surface area contributed by atoms with E-state index in [1.807, 2.05) is 61.5 Å². The molecule has 2 aromatic carbocycles. The van der Waals surface area contributed by atoms with Crippen LogP contribution < -0.4 is 10.1 Å². The van der Waals surface area contributed by atoms with Gasteiger partial charge in [0.15, 0.2) is 0 Å². The normalized spacial score (nSPS) is 17.6. The van der Waals surface area contributed by atoms with Crippen LogP contribution in [0.15, 0.2) is 59.8 Å². The first-order valence-corrected chi connectivity index (χ1v) is 7.90. The highest BCUT2D eigenvalue weighted by atomic mass is 16.6. The quantitative estimate of drug-likeness (QED) is 0.919. The van der Waals surface area contributed by atoms with Crippen molar-refractivity contribution >= 4 is 11.6 Å². The highest BCUT2D eigenvalue weighted by Gasteiger charge is 2.29. The summed E-state index contributed by atoms with van der Waals surface area (Å²) in [6.07, 6.45) is -0.155. The Labute approximate surface area is 141 Å². The van der Waals surface area contributed by atoms with Crippen LogP contribution in [0.25, 0.3) is 0 Å². The molecule has 0 spiro atoms. The Kier molecular flexibility index (Phi) is 4.79. The predicted molar refractivity (Wildman–Crippen MR) is 92.0 cm³/mol. The van der Waals surface area contributed by atoms with Gasteiger partial charge in [0.25, 0.3) is 5.91 Å². The Bertz CT molecular complexity index is 743. The summed E-state index contributed by atoms with van der Waals surface area (Å²) >= 11 is 0. The number of nitrogens with zero attached hydrogens (tertiary/aromatic N) is 1. The first-order chi connectivity index (χ1) is 11.7. The average Bonchev–Trinajstić information content (AvgIpc) is 3.13. The number of carbonyl (C=O) groups excluding carboxylic acids is 1. The number of carbonyl (C=O) groups is 1. The molecule has 1 aliphatic rings. The smallest absolute Gasteiger partial charge is 0.264 e. The van der Waals surface area contributed by atoms with E-state index in [0.717, 1.165) is 22.6 Å². The molecule has 0 radical (unpaired) electrons. The van der Waals surface area contributed by atoms with Crippen LogP contribution in [-0.2, 0) is 9.63 Å². The van der Waals surface area contributed by atoms with Gasteiger partial charge in [0.05, 0.1) is 18.9 Å². The molecule has 0 aliphatic carbocycles. The van der Waals surface area contributed by atoms with E-state index in [1.165, 1.54) is 0 Å². The number of rotatable bonds is 5. The third-order valence-electron chi connectivity index (χ3n) is 4.02. The fourth-order valence-corrected chi connectivity index (χ4v) is 2.62. The van der Waals surface area contributed by atoms with Crippen LogP contribution in [0.3, 0.4) is 0 Å². The molecular weight excluding hydrogens is 304 g/mol. The number of hydrogen-bond acceptors (Lipinski definition) is 4. The molecule has 1 heterocycles. The van der Waals surface area contributed by atoms with E-state index in [9.17, 15) is 4.79 Å². The highest BCUT2D eigenvalue weighted by Crippen LogP contribution is 2.21. The second-order valence-electron chi connectivity index (χ2n) is 5.71. The molecule has 5 heteroatoms. The maximum atomic E-state index is 12.4. The first-order valence-electron chi connectivity index (χ1n) is 7.90. The number of amides is 1. The summed E-state index contributed by atoms with van der Waals surface area (Å²) < 4.78 is 5.22. The third-order valence-corrected chi connectivity index (χ3v) is 4.02. The van der Waals surface area contributed by atoms with Gasteiger partial charge < -0.3 is 14.9 Å². The van der Waals surface area contributed by atoms with Crippen LogP contribution >= 0.6 is 0 Å². The molecule has 1 amide bonds. The molecule has 24 heavy (non-hydrogen) atoms. The Morgan fingerprint density at radius 2 is 2.04 bits per heavy atom. The SMILES string of the molecule is COc1cccc(C2=NO[C@@H](C(=O)N[C@@H](C)c3ccccc3)C2)c1. The Morgan fingerprint density at radius 3 is 2.79 bits per heavy atom. The minimum Gasteiger partial charge on any atom is -0.497 e. The van der Waals surface area contributed by atoms with Crippen molar-refractivity contribution in [1.82, 2.24) is 5.32 Å². The van der Waals surface area contributed by atoms with E-state index in [-0.39, 0.29) is 11.9 Å². The van der Waals surface area contributed by atoms with E-state index in [4.69, 9.17) is 9.57 Å². The second kappa shape index (κ2) is 7.17. The molecule has 0 unspecified atom stereocenters. The number of oxime groups is 1. The molecule has 0 saturated carbocycles. The third kappa shape index (κ3) is 3.56. The largest absolute Gasteiger partial charge is 0.497 e. The lowest BCUT2D eigenvalue weighted by Gasteiger charge is -2.16. The van der Waals surface area contributed by atoms with E-state index < -0.39 is 6.10 Å². The van der Waals surface area contributed by atoms with Gasteiger partial charge in [-0.25, -0.2) is 0 Å². The minimum atomic E-state index is -0.600. The zero-order chi connectivity index (χ0) is 16.9. The van der Waals surface area contributed by atoms with Crippen molar-refractivity contribution in [2.45, 2.75) is 25.5 Å². The van der Waals surface area contributed by atoms with Crippen molar-refractivity contribution in [1.29, 1.82) is 0 Å². The van der Waals surface area contributed by atoms with Gasteiger partial charge in [-0.1, -0.05) is 47.6 Å². The molecule has 5 nitrogen and oxygen atoms in total. The molecule has 1 N–H and O–H groups in total. The minimum absolute atomic E-state index is 0.0804. The molecule has 1 aliphatic heterocycles. The van der Waals surface area contributed by atoms with Crippen LogP contribution in [0.1, 0.15) is 30.5 Å². The van der Waals surface area contributed by atoms with Crippen molar-refractivity contribution < 1.29 is 14.4 Å². The topological polar surface area (TPSA) is 59.9 Å². The van der Waals surface area contributed by atoms with Crippen LogP contribution in [-0.4, -0.2) is 24.8 Å². The summed E-state index contributed by atoms with van der Waals surface area (Å²) in [5, 5.41) is 7.03. The Morgan fingerprint density at radius 1 is 1.25 bits per heavy atom. The molecule has 2 aromatic rings. The van der Waals surface area contributed by atoms with E-state index >= 15 is 0 Å². The maximum absolute atomic E-state index is 12.4. The number of ether oxygens (including phenoxy) is 1. The fourth-order valence-electron chi connectivity index (χ4n) is 2.62. The van der Waals surface area contributed by atoms with Gasteiger partial charge in [-0.05, 0) is 24.6 Å². The lowest BCUT2D eigenvalue weighted by atomic mass is 10.0. The van der Waals surface area contributed by atoms with Crippen molar-refractivity contribution in [3.8, 4) is 5.75 Å². The summed E-state index contributed by atoms with van der Waals surface area (Å²) in [6.45, 7) is 1.95. The maximum Gasteiger partial charge on any atom is 0.264 e. The van der Waals surface area contributed by atoms with Gasteiger partial charge in [0.1, 0.15) is 5.75 Å². The molecule has 2 atom stereocenters. The predicted octanol–water partition coefficient (Wildman–Crippen LogP) is 3.07. The molecule has 0 bridgehead atoms. The van der Waals surface area contributed by atoms with Crippen molar-refractivity contribution in [2.24, 2.45) is 5.16 Å². The van der Waals surface area contributed by atoms with Gasteiger partial charge in [-0.3, -0.25) is 4.79 Å². The van der Waals surface area contributed by atoms with Crippen molar-refractivity contribution in [3.05, 3.63) is 65.7 Å². The summed E-state index contributed by atoms with van der Waals surface area (Å²) in [4.78, 5) is 17.7. The van der Waals surface area contributed by atoms with E-state index in [2.05, 4.69) is 10.5 Å². The molecule has 0 fully saturated rings. The Hall–Kier alpha value is -2.82. The lowest BCUT2D eigenvalue weighted by molar-refractivity contribution is -0.131. The van der Waals surface area contributed by atoms with Gasteiger partial charge >= 0.3 is 0 Å². The van der Waals surface area contributed by atoms with Gasteiger partial charge in [0, 0.05) is 12.0 Å². The first kappa shape index (κ1) is 16.1. The van der Waals surface area contributed by atoms with Gasteiger partial charge in [-0.15, -0.1) is 0 Å². The van der Waals surface area contributed by atoms with Gasteiger partial charge in [-0.2, -0.15) is 0 Å². The fraction of sp³-hybridized carbons (Fsp3) is 0.263. The number of benzene rings is 2. The van der Waals surface area contributed by atoms with Gasteiger partial charge in [0.2, 0.25) is 6.10 Å². The number of hydrogen-bond donors (Lipinski definition) is 1. The second-order valence-corrected chi connectivity index (χ2v) is 5.71. The van der Waals surface area contributed by atoms with Crippen LogP contribution in [0.5, 0.6) is 5.75 Å². The molecule has 0 aromatic heterocycles. The van der Waals surface area contributed by atoms with E-state index in [0.29, 0.717) is 6.42 Å². The molecule has 3 rings (SSSR count). The summed E-state index contributed by atoms with van der Waals surface area (Å²) in [5.41, 5.74) is 2.71. The average molecular weight is 324 g/mol. The highest BCUT2D eigenvalue weighted by molar-refractivity contribution is 6.04. The zero-order valence-electron chi connectivity index (χ0n) is 13.7. The molecule has 0 saturated heterocycles. The Balaban J connectivity index is 1.61. The summed E-state index contributed by atoms with van der Waals surface area (Å²) in [5.74, 6) is 0.591. The van der Waals surface area contributed by atoms with Crippen LogP contribution in [0.2, 0.25) is 0 Å². The number of methoxy groups -OCH3 is 1. The molecular formula is C19H20N2O3. The summed E-state index contributed by atoms with van der Waals surface area (Å²) in [7, 11) is 1.62. The van der Waals surface area contributed by atoms with E-state index in [1.54, 1.807) is 7.11 Å². The molecule has 124 valence electrons. The zero-order valence-corrected chi connectivity index (χ0v) is 13.7. The summed E-state index contributed by atoms with van der Waals surface area (Å²) in [6, 6.07) is 17.3. The number of nitrogens with one attached hydrogen (secondary N) is 1. The van der Waals surface area contributed by atoms with Crippen molar-refractivity contribution in [2.75, 3.05) is 7.11 Å². The van der Waals surface area contributed by atoms with Crippen molar-refractivity contribution in [3.63, 3.8) is 0 Å². The van der Waals surface area contributed by atoms with Crippen LogP contribution in [0.4, 0.5) is 0 Å². The van der Waals surface area contributed by atoms with Crippen LogP contribution in [0, 0.1) is 0 Å².